The highest BCUT2D eigenvalue weighted by Crippen LogP contribution is 2.47. The molecule has 4 aliphatic rings. The van der Waals surface area contributed by atoms with Gasteiger partial charge in [0.25, 0.3) is 5.91 Å². The molecule has 2 N–H and O–H groups in total. The first kappa shape index (κ1) is 31.6. The number of fused-ring (bicyclic) bond motifs is 4. The van der Waals surface area contributed by atoms with Crippen molar-refractivity contribution in [2.24, 2.45) is 23.7 Å². The summed E-state index contributed by atoms with van der Waals surface area (Å²) in [6, 6.07) is 12.1. The highest BCUT2D eigenvalue weighted by atomic mass is 35.5. The Morgan fingerprint density at radius 2 is 1.91 bits per heavy atom. The summed E-state index contributed by atoms with van der Waals surface area (Å²) in [6.45, 7) is 7.56. The van der Waals surface area contributed by atoms with E-state index in [-0.39, 0.29) is 23.2 Å². The van der Waals surface area contributed by atoms with Gasteiger partial charge in [-0.1, -0.05) is 56.7 Å². The van der Waals surface area contributed by atoms with Crippen LogP contribution >= 0.6 is 11.6 Å². The first-order valence-electron chi connectivity index (χ1n) is 16.5. The molecule has 0 saturated heterocycles. The largest absolute Gasteiger partial charge is 0.389 e. The summed E-state index contributed by atoms with van der Waals surface area (Å²) in [6.07, 6.45) is 11.4. The summed E-state index contributed by atoms with van der Waals surface area (Å²) in [7, 11) is -3.94. The molecule has 8 heteroatoms. The maximum Gasteiger partial charge on any atom is 0.264 e. The van der Waals surface area contributed by atoms with Crippen molar-refractivity contribution in [3.05, 3.63) is 75.8 Å². The molecule has 1 fully saturated rings. The van der Waals surface area contributed by atoms with Crippen molar-refractivity contribution in [3.63, 3.8) is 0 Å². The van der Waals surface area contributed by atoms with Crippen LogP contribution in [0.2, 0.25) is 5.02 Å². The van der Waals surface area contributed by atoms with E-state index in [9.17, 15) is 18.3 Å². The summed E-state index contributed by atoms with van der Waals surface area (Å²) in [5, 5.41) is 11.3. The van der Waals surface area contributed by atoms with Crippen LogP contribution in [-0.2, 0) is 28.3 Å². The van der Waals surface area contributed by atoms with Gasteiger partial charge < -0.3 is 10.0 Å². The van der Waals surface area contributed by atoms with Crippen molar-refractivity contribution in [3.8, 4) is 0 Å². The fourth-order valence-electron chi connectivity index (χ4n) is 8.41. The quantitative estimate of drug-likeness (QED) is 0.353. The van der Waals surface area contributed by atoms with Gasteiger partial charge in [-0.05, 0) is 122 Å². The first-order chi connectivity index (χ1) is 21.0. The van der Waals surface area contributed by atoms with Crippen molar-refractivity contribution in [2.45, 2.75) is 95.3 Å². The summed E-state index contributed by atoms with van der Waals surface area (Å²) < 4.78 is 29.8. The highest BCUT2D eigenvalue weighted by Gasteiger charge is 2.43. The van der Waals surface area contributed by atoms with E-state index in [0.717, 1.165) is 68.7 Å². The van der Waals surface area contributed by atoms with Crippen LogP contribution in [0.15, 0.2) is 48.6 Å². The van der Waals surface area contributed by atoms with Crippen molar-refractivity contribution in [1.82, 2.24) is 4.72 Å². The second kappa shape index (κ2) is 12.4. The van der Waals surface area contributed by atoms with Crippen LogP contribution in [0.1, 0.15) is 92.8 Å². The standard InChI is InChI=1S/C36H47ClN2O4S/c1-23(2)18-34-24(3)6-4-8-33(40)30-13-11-28(30)21-39-22-36(16-5-7-26-19-29(37)12-14-31(26)36)17-15-25-9-10-27(20-32(25)39)35(41)38-44(34,42)43/h4,8-10,12,14,19-20,23-24,28,30,33-34,40H,5-7,11,13,15-18,21-22H2,1-3H3,(H,38,41)/b8-4+/t24-,28-,30+,33-,34-,36+/m0/s1. The minimum Gasteiger partial charge on any atom is -0.389 e. The smallest absolute Gasteiger partial charge is 0.264 e. The predicted octanol–water partition coefficient (Wildman–Crippen LogP) is 6.82. The van der Waals surface area contributed by atoms with E-state index in [1.807, 2.05) is 51.1 Å². The molecule has 6 rings (SSSR count). The van der Waals surface area contributed by atoms with E-state index in [4.69, 9.17) is 11.6 Å². The monoisotopic (exact) mass is 638 g/mol. The Morgan fingerprint density at radius 1 is 1.09 bits per heavy atom. The van der Waals surface area contributed by atoms with E-state index in [1.165, 1.54) is 16.7 Å². The number of aliphatic hydroxyl groups is 1. The molecule has 6 atom stereocenters. The van der Waals surface area contributed by atoms with Gasteiger partial charge in [-0.25, -0.2) is 13.1 Å². The number of nitrogens with one attached hydrogen (secondary N) is 1. The number of hydrogen-bond donors (Lipinski definition) is 2. The van der Waals surface area contributed by atoms with Crippen molar-refractivity contribution in [2.75, 3.05) is 18.0 Å². The maximum absolute atomic E-state index is 13.7. The number of amides is 1. The molecule has 2 aliphatic heterocycles. The number of rotatable bonds is 2. The number of halogens is 1. The van der Waals surface area contributed by atoms with E-state index >= 15 is 0 Å². The minimum atomic E-state index is -3.94. The lowest BCUT2D eigenvalue weighted by Crippen LogP contribution is -2.48. The van der Waals surface area contributed by atoms with Crippen LogP contribution in [0.5, 0.6) is 0 Å². The zero-order valence-electron chi connectivity index (χ0n) is 26.3. The Bertz CT molecular complexity index is 1540. The number of carbonyl (C=O) groups is 1. The molecule has 2 aliphatic carbocycles. The van der Waals surface area contributed by atoms with Crippen LogP contribution in [0, 0.1) is 23.7 Å². The number of carbonyl (C=O) groups excluding carboxylic acids is 1. The zero-order chi connectivity index (χ0) is 31.2. The maximum atomic E-state index is 13.7. The Hall–Kier alpha value is -2.35. The number of nitrogens with zero attached hydrogens (tertiary/aromatic N) is 1. The molecule has 6 nitrogen and oxygen atoms in total. The lowest BCUT2D eigenvalue weighted by Gasteiger charge is -2.46. The van der Waals surface area contributed by atoms with Gasteiger partial charge in [0.15, 0.2) is 0 Å². The minimum absolute atomic E-state index is 0.0399. The Labute approximate surface area is 268 Å². The van der Waals surface area contributed by atoms with E-state index < -0.39 is 27.3 Å². The first-order valence-corrected chi connectivity index (χ1v) is 18.5. The molecule has 2 bridgehead atoms. The fourth-order valence-corrected chi connectivity index (χ4v) is 10.5. The normalized spacial score (nSPS) is 32.6. The third-order valence-electron chi connectivity index (χ3n) is 11.0. The van der Waals surface area contributed by atoms with Gasteiger partial charge in [0.1, 0.15) is 0 Å². The lowest BCUT2D eigenvalue weighted by molar-refractivity contribution is 0.0456. The van der Waals surface area contributed by atoms with E-state index in [0.29, 0.717) is 24.3 Å². The number of allylic oxidation sites excluding steroid dienone is 1. The third-order valence-corrected chi connectivity index (χ3v) is 13.1. The van der Waals surface area contributed by atoms with Crippen LogP contribution < -0.4 is 9.62 Å². The van der Waals surface area contributed by atoms with Crippen LogP contribution in [0.3, 0.4) is 0 Å². The number of hydrogen-bond acceptors (Lipinski definition) is 5. The second-order valence-electron chi connectivity index (χ2n) is 14.4. The second-order valence-corrected chi connectivity index (χ2v) is 16.8. The molecule has 0 unspecified atom stereocenters. The lowest BCUT2D eigenvalue weighted by atomic mass is 9.66. The van der Waals surface area contributed by atoms with Crippen molar-refractivity contribution in [1.29, 1.82) is 0 Å². The molecule has 0 radical (unpaired) electrons. The summed E-state index contributed by atoms with van der Waals surface area (Å²) in [5.41, 5.74) is 5.25. The van der Waals surface area contributed by atoms with Crippen molar-refractivity contribution >= 4 is 33.2 Å². The Morgan fingerprint density at radius 3 is 2.66 bits per heavy atom. The Kier molecular flexibility index (Phi) is 8.95. The van der Waals surface area contributed by atoms with Gasteiger partial charge >= 0.3 is 0 Å². The molecule has 2 aromatic carbocycles. The summed E-state index contributed by atoms with van der Waals surface area (Å²) in [5.74, 6) is -0.119. The number of aryl methyl sites for hydroxylation is 2. The molecule has 0 aromatic heterocycles. The molecule has 1 amide bonds. The number of anilines is 1. The van der Waals surface area contributed by atoms with Crippen LogP contribution in [0.4, 0.5) is 5.69 Å². The summed E-state index contributed by atoms with van der Waals surface area (Å²) in [4.78, 5) is 16.1. The molecule has 2 heterocycles. The molecular weight excluding hydrogens is 592 g/mol. The average Bonchev–Trinajstić information content (AvgIpc) is 3.10. The zero-order valence-corrected chi connectivity index (χ0v) is 27.8. The van der Waals surface area contributed by atoms with Gasteiger partial charge in [-0.2, -0.15) is 0 Å². The molecule has 2 aromatic rings. The molecule has 238 valence electrons. The number of benzene rings is 2. The molecule has 44 heavy (non-hydrogen) atoms. The van der Waals surface area contributed by atoms with Gasteiger partial charge in [-0.3, -0.25) is 4.79 Å². The average molecular weight is 639 g/mol. The third kappa shape index (κ3) is 6.21. The number of sulfonamides is 1. The molecular formula is C36H47ClN2O4S. The van der Waals surface area contributed by atoms with Crippen LogP contribution in [0.25, 0.3) is 0 Å². The number of aliphatic hydroxyl groups excluding tert-OH is 1. The molecule has 1 saturated carbocycles. The Balaban J connectivity index is 1.42. The van der Waals surface area contributed by atoms with Gasteiger partial charge in [0.2, 0.25) is 10.0 Å². The van der Waals surface area contributed by atoms with Gasteiger partial charge in [0, 0.05) is 34.8 Å². The fraction of sp³-hybridized carbons (Fsp3) is 0.583. The highest BCUT2D eigenvalue weighted by molar-refractivity contribution is 7.90. The SMILES string of the molecule is CC(C)C[C@H]1[C@@H](C)C/C=C/[C@H](O)[C@@H]2CC[C@H]2CN2C[C@@]3(CCCc4cc(Cl)ccc43)CCc3ccc(cc32)C(=O)NS1(=O)=O. The van der Waals surface area contributed by atoms with E-state index in [2.05, 4.69) is 21.8 Å². The molecule has 1 spiro atoms. The summed E-state index contributed by atoms with van der Waals surface area (Å²) >= 11 is 6.43. The van der Waals surface area contributed by atoms with Crippen molar-refractivity contribution < 1.29 is 18.3 Å². The van der Waals surface area contributed by atoms with Crippen LogP contribution in [-0.4, -0.2) is 43.9 Å². The topological polar surface area (TPSA) is 86.7 Å². The van der Waals surface area contributed by atoms with Gasteiger partial charge in [-0.15, -0.1) is 0 Å². The predicted molar refractivity (Wildman–Crippen MR) is 178 cm³/mol. The van der Waals surface area contributed by atoms with Gasteiger partial charge in [0.05, 0.1) is 11.4 Å². The van der Waals surface area contributed by atoms with E-state index in [1.54, 1.807) is 6.07 Å².